The lowest BCUT2D eigenvalue weighted by Gasteiger charge is -2.27. The summed E-state index contributed by atoms with van der Waals surface area (Å²) in [5.74, 6) is 0.426. The van der Waals surface area contributed by atoms with Gasteiger partial charge in [-0.1, -0.05) is 39.0 Å². The van der Waals surface area contributed by atoms with Gasteiger partial charge in [0, 0.05) is 17.2 Å². The number of benzene rings is 2. The average molecular weight is 477 g/mol. The van der Waals surface area contributed by atoms with Gasteiger partial charge in [-0.2, -0.15) is 0 Å². The Kier molecular flexibility index (Phi) is 5.16. The number of carbonyl (C=O) groups excluding carboxylic acids is 1. The maximum atomic E-state index is 12.9. The Morgan fingerprint density at radius 2 is 1.88 bits per heavy atom. The van der Waals surface area contributed by atoms with Crippen LogP contribution >= 0.6 is 0 Å². The summed E-state index contributed by atoms with van der Waals surface area (Å²) in [6.45, 7) is 5.71. The second-order valence-corrected chi connectivity index (χ2v) is 11.3. The van der Waals surface area contributed by atoms with Gasteiger partial charge in [-0.15, -0.1) is 0 Å². The van der Waals surface area contributed by atoms with E-state index in [1.165, 1.54) is 0 Å². The molecule has 1 aliphatic rings. The lowest BCUT2D eigenvalue weighted by molar-refractivity contribution is 0.0860. The summed E-state index contributed by atoms with van der Waals surface area (Å²) in [6.07, 6.45) is 3.29. The molecule has 0 bridgehead atoms. The molecule has 0 saturated carbocycles. The Bertz CT molecular complexity index is 1510. The molecule has 174 valence electrons. The van der Waals surface area contributed by atoms with E-state index in [9.17, 15) is 13.2 Å². The zero-order valence-electron chi connectivity index (χ0n) is 19.0. The van der Waals surface area contributed by atoms with Crippen molar-refractivity contribution in [3.63, 3.8) is 0 Å². The highest BCUT2D eigenvalue weighted by Gasteiger charge is 2.33. The number of aromatic amines is 1. The second-order valence-electron chi connectivity index (χ2n) is 9.23. The number of H-pyrrole nitrogens is 1. The summed E-state index contributed by atoms with van der Waals surface area (Å²) in [7, 11) is -3.65. The maximum absolute atomic E-state index is 12.9. The number of hydrogen-bond acceptors (Lipinski definition) is 7. The highest BCUT2D eigenvalue weighted by molar-refractivity contribution is 7.92. The number of carbonyl (C=O) groups is 1. The minimum Gasteiger partial charge on any atom is -0.470 e. The zero-order chi connectivity index (χ0) is 24.1. The monoisotopic (exact) mass is 476 g/mol. The van der Waals surface area contributed by atoms with Gasteiger partial charge >= 0.3 is 0 Å². The number of rotatable bonds is 4. The molecule has 2 aromatic carbocycles. The molecular formula is C25H24N4O4S. The molecule has 1 unspecified atom stereocenters. The first-order valence-electron chi connectivity index (χ1n) is 10.9. The number of hydrogen-bond donors (Lipinski definition) is 2. The van der Waals surface area contributed by atoms with Crippen molar-refractivity contribution >= 4 is 32.5 Å². The van der Waals surface area contributed by atoms with Gasteiger partial charge in [0.15, 0.2) is 11.4 Å². The Morgan fingerprint density at radius 1 is 1.12 bits per heavy atom. The summed E-state index contributed by atoms with van der Waals surface area (Å²) in [5, 5.41) is 3.17. The van der Waals surface area contributed by atoms with Crippen LogP contribution in [0.4, 0.5) is 5.69 Å². The Balaban J connectivity index is 1.45. The van der Waals surface area contributed by atoms with E-state index in [4.69, 9.17) is 9.72 Å². The van der Waals surface area contributed by atoms with Crippen molar-refractivity contribution in [3.05, 3.63) is 66.5 Å². The van der Waals surface area contributed by atoms with Crippen LogP contribution in [0.25, 0.3) is 22.4 Å². The third kappa shape index (κ3) is 3.81. The van der Waals surface area contributed by atoms with Crippen LogP contribution < -0.4 is 10.1 Å². The third-order valence-corrected chi connectivity index (χ3v) is 7.60. The molecule has 3 heterocycles. The molecule has 34 heavy (non-hydrogen) atoms. The number of aromatic nitrogens is 3. The number of anilines is 1. The number of ether oxygens (including phenoxy) is 1. The first-order valence-corrected chi connectivity index (χ1v) is 12.4. The van der Waals surface area contributed by atoms with Crippen LogP contribution in [0.5, 0.6) is 5.75 Å². The lowest BCUT2D eigenvalue weighted by Crippen LogP contribution is -2.37. The molecule has 8 nitrogen and oxygen atoms in total. The minimum atomic E-state index is -3.65. The quantitative estimate of drug-likeness (QED) is 0.418. The van der Waals surface area contributed by atoms with Gasteiger partial charge in [-0.25, -0.2) is 18.4 Å². The molecule has 2 aromatic heterocycles. The van der Waals surface area contributed by atoms with Crippen LogP contribution in [0.15, 0.2) is 65.8 Å². The highest BCUT2D eigenvalue weighted by Crippen LogP contribution is 2.35. The van der Waals surface area contributed by atoms with Crippen molar-refractivity contribution in [2.45, 2.75) is 31.1 Å². The molecule has 0 aliphatic carbocycles. The van der Waals surface area contributed by atoms with Gasteiger partial charge in [0.1, 0.15) is 11.3 Å². The van der Waals surface area contributed by atoms with Gasteiger partial charge in [-0.3, -0.25) is 4.79 Å². The zero-order valence-corrected chi connectivity index (χ0v) is 19.8. The van der Waals surface area contributed by atoms with Gasteiger partial charge in [0.05, 0.1) is 34.6 Å². The van der Waals surface area contributed by atoms with Crippen LogP contribution in [0.1, 0.15) is 31.1 Å². The number of fused-ring (bicyclic) bond motifs is 2. The number of ketones is 1. The predicted molar refractivity (Wildman–Crippen MR) is 130 cm³/mol. The van der Waals surface area contributed by atoms with Gasteiger partial charge in [0.2, 0.25) is 15.3 Å². The Morgan fingerprint density at radius 3 is 2.62 bits per heavy atom. The van der Waals surface area contributed by atoms with Crippen LogP contribution in [-0.2, 0) is 9.84 Å². The van der Waals surface area contributed by atoms with Crippen LogP contribution in [0.2, 0.25) is 0 Å². The summed E-state index contributed by atoms with van der Waals surface area (Å²) in [4.78, 5) is 25.2. The molecular weight excluding hydrogens is 452 g/mol. The summed E-state index contributed by atoms with van der Waals surface area (Å²) in [6, 6.07) is 13.6. The van der Waals surface area contributed by atoms with Crippen molar-refractivity contribution in [1.82, 2.24) is 15.0 Å². The number of Topliss-reactive ketones (excluding diaryl/α,β-unsaturated/α-hetero) is 1. The standard InChI is InChI=1S/C25H24N4O4S/c1-25(2,3)23(30)17-12-27-24-22(17)29-19(13-28-24)15-9-10-20-18(11-15)26-14-21(33-20)34(31,32)16-7-5-4-6-8-16/h4-13,21,26H,14H2,1-3H3,(H,27,28). The summed E-state index contributed by atoms with van der Waals surface area (Å²) >= 11 is 0. The number of nitrogens with one attached hydrogen (secondary N) is 2. The van der Waals surface area contributed by atoms with Gasteiger partial charge < -0.3 is 15.0 Å². The SMILES string of the molecule is CC(C)(C)C(=O)c1c[nH]c2ncc(-c3ccc4c(c3)NCC(S(=O)(=O)c3ccccc3)O4)nc12. The predicted octanol–water partition coefficient (Wildman–Crippen LogP) is 4.46. The Hall–Kier alpha value is -3.72. The van der Waals surface area contributed by atoms with E-state index in [1.54, 1.807) is 54.9 Å². The van der Waals surface area contributed by atoms with Crippen molar-refractivity contribution in [1.29, 1.82) is 0 Å². The van der Waals surface area contributed by atoms with E-state index in [-0.39, 0.29) is 17.2 Å². The molecule has 2 N–H and O–H groups in total. The number of nitrogens with zero attached hydrogens (tertiary/aromatic N) is 2. The van der Waals surface area contributed by atoms with Crippen LogP contribution in [-0.4, -0.2) is 41.1 Å². The van der Waals surface area contributed by atoms with E-state index >= 15 is 0 Å². The van der Waals surface area contributed by atoms with Crippen LogP contribution in [0, 0.1) is 5.41 Å². The minimum absolute atomic E-state index is 0.0172. The van der Waals surface area contributed by atoms with E-state index in [1.807, 2.05) is 26.8 Å². The van der Waals surface area contributed by atoms with Crippen molar-refractivity contribution in [2.75, 3.05) is 11.9 Å². The van der Waals surface area contributed by atoms with E-state index in [2.05, 4.69) is 15.3 Å². The molecule has 0 spiro atoms. The first kappa shape index (κ1) is 22.1. The van der Waals surface area contributed by atoms with Crippen LogP contribution in [0.3, 0.4) is 0 Å². The third-order valence-electron chi connectivity index (χ3n) is 5.72. The second kappa shape index (κ2) is 7.95. The smallest absolute Gasteiger partial charge is 0.220 e. The molecule has 9 heteroatoms. The van der Waals surface area contributed by atoms with Crippen molar-refractivity contribution in [3.8, 4) is 17.0 Å². The first-order chi connectivity index (χ1) is 16.1. The summed E-state index contributed by atoms with van der Waals surface area (Å²) in [5.41, 5.74) is 2.02. The maximum Gasteiger partial charge on any atom is 0.220 e. The summed E-state index contributed by atoms with van der Waals surface area (Å²) < 4.78 is 31.7. The van der Waals surface area contributed by atoms with Gasteiger partial charge in [-0.05, 0) is 30.3 Å². The Labute approximate surface area is 197 Å². The fourth-order valence-electron chi connectivity index (χ4n) is 3.85. The topological polar surface area (TPSA) is 114 Å². The average Bonchev–Trinajstić information content (AvgIpc) is 3.26. The molecule has 0 amide bonds. The normalized spacial score (nSPS) is 15.9. The molecule has 4 aromatic rings. The molecule has 1 atom stereocenters. The molecule has 0 saturated heterocycles. The fraction of sp³-hybridized carbons (Fsp3) is 0.240. The molecule has 0 fully saturated rings. The molecule has 5 rings (SSSR count). The lowest BCUT2D eigenvalue weighted by atomic mass is 9.87. The fourth-order valence-corrected chi connectivity index (χ4v) is 5.22. The highest BCUT2D eigenvalue weighted by atomic mass is 32.2. The molecule has 1 aliphatic heterocycles. The van der Waals surface area contributed by atoms with E-state index in [0.717, 1.165) is 5.56 Å². The van der Waals surface area contributed by atoms with Crippen molar-refractivity contribution < 1.29 is 17.9 Å². The van der Waals surface area contributed by atoms with E-state index in [0.29, 0.717) is 33.9 Å². The van der Waals surface area contributed by atoms with E-state index < -0.39 is 20.7 Å². The number of sulfone groups is 1. The van der Waals surface area contributed by atoms with Crippen molar-refractivity contribution in [2.24, 2.45) is 5.41 Å². The largest absolute Gasteiger partial charge is 0.470 e. The molecule has 0 radical (unpaired) electrons. The van der Waals surface area contributed by atoms with Gasteiger partial charge in [0.25, 0.3) is 0 Å².